The van der Waals surface area contributed by atoms with E-state index < -0.39 is 5.97 Å². The summed E-state index contributed by atoms with van der Waals surface area (Å²) in [7, 11) is 4.53. The molecule has 0 atom stereocenters. The van der Waals surface area contributed by atoms with Gasteiger partial charge in [-0.1, -0.05) is 30.3 Å². The van der Waals surface area contributed by atoms with Crippen molar-refractivity contribution >= 4 is 17.8 Å². The fourth-order valence-corrected chi connectivity index (χ4v) is 3.09. The molecule has 0 bridgehead atoms. The topological polar surface area (TPSA) is 71.1 Å². The number of rotatable bonds is 8. The Morgan fingerprint density at radius 3 is 2.19 bits per heavy atom. The molecule has 0 heterocycles. The van der Waals surface area contributed by atoms with Gasteiger partial charge in [0.25, 0.3) is 0 Å². The summed E-state index contributed by atoms with van der Waals surface area (Å²) in [6.45, 7) is 1.84. The predicted octanol–water partition coefficient (Wildman–Crippen LogP) is 5.14. The van der Waals surface area contributed by atoms with Gasteiger partial charge in [0.2, 0.25) is 0 Å². The second kappa shape index (κ2) is 10.3. The number of allylic oxidation sites excluding steroid dienone is 1. The molecule has 0 aromatic heterocycles. The first-order valence-electron chi connectivity index (χ1n) is 9.87. The zero-order valence-corrected chi connectivity index (χ0v) is 18.4. The Bertz CT molecular complexity index is 1160. The average molecular weight is 432 g/mol. The molecule has 6 nitrogen and oxygen atoms in total. The minimum atomic E-state index is -0.466. The highest BCUT2D eigenvalue weighted by molar-refractivity contribution is 6.08. The summed E-state index contributed by atoms with van der Waals surface area (Å²) in [6, 6.07) is 17.3. The Morgan fingerprint density at radius 1 is 0.750 bits per heavy atom. The summed E-state index contributed by atoms with van der Waals surface area (Å²) in [6.07, 6.45) is 3.10. The van der Waals surface area contributed by atoms with Crippen LogP contribution in [0.2, 0.25) is 0 Å². The van der Waals surface area contributed by atoms with Gasteiger partial charge in [0.1, 0.15) is 11.5 Å². The van der Waals surface area contributed by atoms with Crippen molar-refractivity contribution in [1.29, 1.82) is 0 Å². The molecule has 0 unspecified atom stereocenters. The fourth-order valence-electron chi connectivity index (χ4n) is 3.09. The molecular weight excluding hydrogens is 408 g/mol. The molecule has 0 aliphatic heterocycles. The van der Waals surface area contributed by atoms with Crippen molar-refractivity contribution in [3.8, 4) is 23.0 Å². The van der Waals surface area contributed by atoms with Gasteiger partial charge in [-0.05, 0) is 54.5 Å². The van der Waals surface area contributed by atoms with Crippen LogP contribution in [0.3, 0.4) is 0 Å². The first kappa shape index (κ1) is 22.6. The molecule has 0 saturated carbocycles. The average Bonchev–Trinajstić information content (AvgIpc) is 2.82. The number of hydrogen-bond donors (Lipinski definition) is 0. The maximum Gasteiger partial charge on any atom is 0.343 e. The van der Waals surface area contributed by atoms with E-state index in [0.29, 0.717) is 39.7 Å². The SMILES string of the molecule is COc1ccc(C(=O)C=Cc2ccc(OC(=O)c3ccccc3C)c(OC)c2)c(OC)c1. The monoisotopic (exact) mass is 432 g/mol. The summed E-state index contributed by atoms with van der Waals surface area (Å²) in [5.41, 5.74) is 2.43. The van der Waals surface area contributed by atoms with Crippen LogP contribution in [0, 0.1) is 6.92 Å². The molecule has 0 saturated heterocycles. The van der Waals surface area contributed by atoms with E-state index in [4.69, 9.17) is 18.9 Å². The van der Waals surface area contributed by atoms with Crippen molar-refractivity contribution in [1.82, 2.24) is 0 Å². The van der Waals surface area contributed by atoms with Gasteiger partial charge in [0.15, 0.2) is 17.3 Å². The third-order valence-electron chi connectivity index (χ3n) is 4.86. The predicted molar refractivity (Wildman–Crippen MR) is 122 cm³/mol. The van der Waals surface area contributed by atoms with Gasteiger partial charge in [-0.2, -0.15) is 0 Å². The van der Waals surface area contributed by atoms with Crippen LogP contribution in [0.1, 0.15) is 31.8 Å². The number of ketones is 1. The minimum absolute atomic E-state index is 0.224. The largest absolute Gasteiger partial charge is 0.497 e. The van der Waals surface area contributed by atoms with Crippen molar-refractivity contribution in [3.05, 3.63) is 89.0 Å². The number of ether oxygens (including phenoxy) is 4. The van der Waals surface area contributed by atoms with Crippen molar-refractivity contribution in [3.63, 3.8) is 0 Å². The third-order valence-corrected chi connectivity index (χ3v) is 4.86. The lowest BCUT2D eigenvalue weighted by Gasteiger charge is -2.11. The van der Waals surface area contributed by atoms with Crippen molar-refractivity contribution in [2.75, 3.05) is 21.3 Å². The maximum absolute atomic E-state index is 12.6. The van der Waals surface area contributed by atoms with Gasteiger partial charge in [0.05, 0.1) is 32.5 Å². The van der Waals surface area contributed by atoms with E-state index in [1.807, 2.05) is 19.1 Å². The van der Waals surface area contributed by atoms with E-state index in [1.54, 1.807) is 61.7 Å². The van der Waals surface area contributed by atoms with Gasteiger partial charge in [-0.15, -0.1) is 0 Å². The Hall–Kier alpha value is -4.06. The van der Waals surface area contributed by atoms with E-state index in [1.165, 1.54) is 20.3 Å². The molecule has 6 heteroatoms. The van der Waals surface area contributed by atoms with Crippen LogP contribution in [-0.2, 0) is 0 Å². The molecule has 0 aliphatic carbocycles. The van der Waals surface area contributed by atoms with Crippen LogP contribution in [-0.4, -0.2) is 33.1 Å². The van der Waals surface area contributed by atoms with Crippen LogP contribution in [0.15, 0.2) is 66.7 Å². The van der Waals surface area contributed by atoms with E-state index in [-0.39, 0.29) is 5.78 Å². The lowest BCUT2D eigenvalue weighted by Crippen LogP contribution is -2.10. The molecule has 0 amide bonds. The summed E-state index contributed by atoms with van der Waals surface area (Å²) in [4.78, 5) is 25.2. The highest BCUT2D eigenvalue weighted by atomic mass is 16.6. The van der Waals surface area contributed by atoms with Gasteiger partial charge < -0.3 is 18.9 Å². The molecule has 0 fully saturated rings. The molecule has 0 spiro atoms. The molecule has 0 radical (unpaired) electrons. The van der Waals surface area contributed by atoms with Gasteiger partial charge in [-0.3, -0.25) is 4.79 Å². The van der Waals surface area contributed by atoms with Crippen LogP contribution < -0.4 is 18.9 Å². The first-order chi connectivity index (χ1) is 15.5. The number of esters is 1. The van der Waals surface area contributed by atoms with Crippen LogP contribution in [0.4, 0.5) is 0 Å². The van der Waals surface area contributed by atoms with E-state index in [9.17, 15) is 9.59 Å². The second-order valence-corrected chi connectivity index (χ2v) is 6.88. The van der Waals surface area contributed by atoms with Crippen molar-refractivity contribution in [2.45, 2.75) is 6.92 Å². The minimum Gasteiger partial charge on any atom is -0.497 e. The third kappa shape index (κ3) is 5.16. The van der Waals surface area contributed by atoms with Gasteiger partial charge >= 0.3 is 5.97 Å². The van der Waals surface area contributed by atoms with Crippen LogP contribution >= 0.6 is 0 Å². The molecule has 3 aromatic rings. The standard InChI is InChI=1S/C26H24O6/c1-17-7-5-6-8-20(17)26(28)32-23-14-10-18(15-25(23)31-4)9-13-22(27)21-12-11-19(29-2)16-24(21)30-3/h5-16H,1-4H3. The summed E-state index contributed by atoms with van der Waals surface area (Å²) < 4.78 is 21.4. The number of carbonyl (C=O) groups excluding carboxylic acids is 2. The highest BCUT2D eigenvalue weighted by Gasteiger charge is 2.15. The maximum atomic E-state index is 12.6. The number of carbonyl (C=O) groups is 2. The molecule has 0 N–H and O–H groups in total. The Balaban J connectivity index is 1.79. The lowest BCUT2D eigenvalue weighted by atomic mass is 10.1. The molecule has 0 aliphatic rings. The smallest absolute Gasteiger partial charge is 0.343 e. The number of methoxy groups -OCH3 is 3. The normalized spacial score (nSPS) is 10.6. The zero-order valence-electron chi connectivity index (χ0n) is 18.4. The van der Waals surface area contributed by atoms with E-state index in [0.717, 1.165) is 5.56 Å². The summed E-state index contributed by atoms with van der Waals surface area (Å²) in [5, 5.41) is 0. The second-order valence-electron chi connectivity index (χ2n) is 6.88. The number of aryl methyl sites for hydroxylation is 1. The quantitative estimate of drug-likeness (QED) is 0.213. The molecule has 164 valence electrons. The van der Waals surface area contributed by atoms with Crippen LogP contribution in [0.25, 0.3) is 6.08 Å². The number of hydrogen-bond acceptors (Lipinski definition) is 6. The van der Waals surface area contributed by atoms with E-state index >= 15 is 0 Å². The Kier molecular flexibility index (Phi) is 7.29. The van der Waals surface area contributed by atoms with Crippen molar-refractivity contribution in [2.24, 2.45) is 0 Å². The lowest BCUT2D eigenvalue weighted by molar-refractivity contribution is 0.0728. The Morgan fingerprint density at radius 2 is 1.50 bits per heavy atom. The highest BCUT2D eigenvalue weighted by Crippen LogP contribution is 2.30. The van der Waals surface area contributed by atoms with Crippen molar-refractivity contribution < 1.29 is 28.5 Å². The Labute approximate surface area is 187 Å². The summed E-state index contributed by atoms with van der Waals surface area (Å²) >= 11 is 0. The first-order valence-corrected chi connectivity index (χ1v) is 9.87. The van der Waals surface area contributed by atoms with Gasteiger partial charge in [-0.25, -0.2) is 4.79 Å². The molecule has 3 rings (SSSR count). The fraction of sp³-hybridized carbons (Fsp3) is 0.154. The number of benzene rings is 3. The van der Waals surface area contributed by atoms with E-state index in [2.05, 4.69) is 0 Å². The molecule has 32 heavy (non-hydrogen) atoms. The zero-order chi connectivity index (χ0) is 23.1. The molecular formula is C26H24O6. The van der Waals surface area contributed by atoms with Gasteiger partial charge in [0, 0.05) is 6.07 Å². The summed E-state index contributed by atoms with van der Waals surface area (Å²) in [5.74, 6) is 1.01. The molecule has 3 aromatic carbocycles. The van der Waals surface area contributed by atoms with Crippen LogP contribution in [0.5, 0.6) is 23.0 Å².